The maximum Gasteiger partial charge on any atom is 0.191 e. The van der Waals surface area contributed by atoms with E-state index in [1.54, 1.807) is 18.9 Å². The lowest BCUT2D eigenvalue weighted by molar-refractivity contribution is 0.103. The molecule has 0 saturated heterocycles. The van der Waals surface area contributed by atoms with E-state index in [1.807, 2.05) is 35.9 Å². The van der Waals surface area contributed by atoms with Crippen molar-refractivity contribution in [3.63, 3.8) is 0 Å². The number of aliphatic hydroxyl groups is 1. The molecule has 0 saturated carbocycles. The van der Waals surface area contributed by atoms with Gasteiger partial charge in [0.25, 0.3) is 0 Å². The van der Waals surface area contributed by atoms with E-state index in [0.29, 0.717) is 13.2 Å². The highest BCUT2D eigenvalue weighted by atomic mass is 32.2. The number of hydrogen-bond donors (Lipinski definition) is 1. The van der Waals surface area contributed by atoms with Gasteiger partial charge in [0.2, 0.25) is 0 Å². The molecule has 0 aliphatic carbocycles. The number of rotatable bonds is 8. The van der Waals surface area contributed by atoms with Crippen LogP contribution < -0.4 is 4.74 Å². The van der Waals surface area contributed by atoms with Crippen LogP contribution in [0.3, 0.4) is 0 Å². The second-order valence-electron chi connectivity index (χ2n) is 4.28. The topological polar surface area (TPSA) is 69.4 Å². The van der Waals surface area contributed by atoms with E-state index in [0.717, 1.165) is 28.0 Å². The molecular formula is C14H19N3O3S. The Labute approximate surface area is 128 Å². The lowest BCUT2D eigenvalue weighted by atomic mass is 10.2. The highest BCUT2D eigenvalue weighted by Gasteiger charge is 2.11. The van der Waals surface area contributed by atoms with Crippen LogP contribution in [-0.2, 0) is 11.8 Å². The number of benzene rings is 1. The molecule has 1 aromatic heterocycles. The summed E-state index contributed by atoms with van der Waals surface area (Å²) in [6, 6.07) is 7.72. The first-order valence-corrected chi connectivity index (χ1v) is 7.60. The maximum absolute atomic E-state index is 8.63. The van der Waals surface area contributed by atoms with Crippen LogP contribution in [0, 0.1) is 0 Å². The number of aliphatic hydroxyl groups excluding tert-OH is 1. The van der Waals surface area contributed by atoms with E-state index < -0.39 is 0 Å². The van der Waals surface area contributed by atoms with Gasteiger partial charge in [-0.05, 0) is 24.3 Å². The minimum Gasteiger partial charge on any atom is -0.497 e. The lowest BCUT2D eigenvalue weighted by Gasteiger charge is -2.05. The highest BCUT2D eigenvalue weighted by Crippen LogP contribution is 2.24. The van der Waals surface area contributed by atoms with E-state index in [1.165, 1.54) is 0 Å². The summed E-state index contributed by atoms with van der Waals surface area (Å²) in [4.78, 5) is 0. The molecule has 1 aromatic carbocycles. The molecule has 0 aliphatic heterocycles. The fourth-order valence-corrected chi connectivity index (χ4v) is 2.55. The van der Waals surface area contributed by atoms with Gasteiger partial charge in [0.05, 0.1) is 26.9 Å². The number of aromatic nitrogens is 3. The molecule has 21 heavy (non-hydrogen) atoms. The second kappa shape index (κ2) is 8.02. The number of ether oxygens (including phenoxy) is 2. The molecule has 2 aromatic rings. The van der Waals surface area contributed by atoms with Crippen LogP contribution in [0.25, 0.3) is 11.4 Å². The van der Waals surface area contributed by atoms with Crippen LogP contribution in [0.1, 0.15) is 0 Å². The molecule has 114 valence electrons. The van der Waals surface area contributed by atoms with Crippen LogP contribution in [0.15, 0.2) is 29.4 Å². The summed E-state index contributed by atoms with van der Waals surface area (Å²) in [6.45, 7) is 1.00. The third-order valence-electron chi connectivity index (χ3n) is 2.88. The number of nitrogens with zero attached hydrogens (tertiary/aromatic N) is 3. The van der Waals surface area contributed by atoms with Crippen LogP contribution >= 0.6 is 11.8 Å². The van der Waals surface area contributed by atoms with Crippen molar-refractivity contribution >= 4 is 11.8 Å². The zero-order chi connectivity index (χ0) is 15.1. The zero-order valence-corrected chi connectivity index (χ0v) is 13.0. The lowest BCUT2D eigenvalue weighted by Crippen LogP contribution is -2.03. The highest BCUT2D eigenvalue weighted by molar-refractivity contribution is 7.99. The van der Waals surface area contributed by atoms with Crippen molar-refractivity contribution in [2.45, 2.75) is 5.16 Å². The normalized spacial score (nSPS) is 10.8. The number of methoxy groups -OCH3 is 1. The molecule has 7 heteroatoms. The van der Waals surface area contributed by atoms with Gasteiger partial charge < -0.3 is 19.1 Å². The number of hydrogen-bond acceptors (Lipinski definition) is 6. The quantitative estimate of drug-likeness (QED) is 0.590. The average Bonchev–Trinajstić information content (AvgIpc) is 2.88. The SMILES string of the molecule is COc1ccc(-c2nnc(SCCOCCO)n2C)cc1. The van der Waals surface area contributed by atoms with Gasteiger partial charge >= 0.3 is 0 Å². The molecule has 0 atom stereocenters. The van der Waals surface area contributed by atoms with Crippen LogP contribution in [0.4, 0.5) is 0 Å². The predicted molar refractivity (Wildman–Crippen MR) is 81.6 cm³/mol. The molecule has 6 nitrogen and oxygen atoms in total. The fourth-order valence-electron chi connectivity index (χ4n) is 1.79. The standard InChI is InChI=1S/C14H19N3O3S/c1-17-13(11-3-5-12(19-2)6-4-11)15-16-14(17)21-10-9-20-8-7-18/h3-6,18H,7-10H2,1-2H3. The maximum atomic E-state index is 8.63. The Morgan fingerprint density at radius 3 is 2.62 bits per heavy atom. The Balaban J connectivity index is 1.98. The van der Waals surface area contributed by atoms with E-state index in [2.05, 4.69) is 10.2 Å². The summed E-state index contributed by atoms with van der Waals surface area (Å²) in [7, 11) is 3.58. The van der Waals surface area contributed by atoms with E-state index in [4.69, 9.17) is 14.6 Å². The van der Waals surface area contributed by atoms with E-state index in [9.17, 15) is 0 Å². The van der Waals surface area contributed by atoms with Gasteiger partial charge in [-0.1, -0.05) is 11.8 Å². The van der Waals surface area contributed by atoms with E-state index >= 15 is 0 Å². The summed E-state index contributed by atoms with van der Waals surface area (Å²) in [5.41, 5.74) is 0.995. The van der Waals surface area contributed by atoms with Gasteiger partial charge in [-0.3, -0.25) is 0 Å². The van der Waals surface area contributed by atoms with Crippen molar-refractivity contribution in [3.8, 4) is 17.1 Å². The minimum atomic E-state index is 0.0518. The average molecular weight is 309 g/mol. The van der Waals surface area contributed by atoms with Crippen molar-refractivity contribution in [3.05, 3.63) is 24.3 Å². The molecule has 1 N–H and O–H groups in total. The molecule has 0 aliphatic rings. The molecule has 2 rings (SSSR count). The zero-order valence-electron chi connectivity index (χ0n) is 12.2. The molecule has 1 heterocycles. The summed E-state index contributed by atoms with van der Waals surface area (Å²) in [6.07, 6.45) is 0. The first-order valence-electron chi connectivity index (χ1n) is 6.61. The minimum absolute atomic E-state index is 0.0518. The Kier molecular flexibility index (Phi) is 6.04. The van der Waals surface area contributed by atoms with Crippen LogP contribution in [0.5, 0.6) is 5.75 Å². The van der Waals surface area contributed by atoms with Crippen molar-refractivity contribution in [1.82, 2.24) is 14.8 Å². The van der Waals surface area contributed by atoms with Gasteiger partial charge in [0, 0.05) is 18.4 Å². The molecular weight excluding hydrogens is 290 g/mol. The fraction of sp³-hybridized carbons (Fsp3) is 0.429. The Hall–Kier alpha value is -1.57. The third-order valence-corrected chi connectivity index (χ3v) is 3.86. The van der Waals surface area contributed by atoms with Crippen molar-refractivity contribution in [1.29, 1.82) is 0 Å². The molecule has 0 fully saturated rings. The van der Waals surface area contributed by atoms with Crippen molar-refractivity contribution in [2.24, 2.45) is 7.05 Å². The molecule has 0 bridgehead atoms. The number of thioether (sulfide) groups is 1. The molecule has 0 amide bonds. The Bertz CT molecular complexity index is 557. The molecule has 0 radical (unpaired) electrons. The molecule has 0 unspecified atom stereocenters. The second-order valence-corrected chi connectivity index (χ2v) is 5.34. The van der Waals surface area contributed by atoms with Crippen molar-refractivity contribution < 1.29 is 14.6 Å². The van der Waals surface area contributed by atoms with Crippen LogP contribution in [0.2, 0.25) is 0 Å². The van der Waals surface area contributed by atoms with Gasteiger partial charge in [0.1, 0.15) is 5.75 Å². The summed E-state index contributed by atoms with van der Waals surface area (Å²) >= 11 is 1.58. The molecule has 0 spiro atoms. The van der Waals surface area contributed by atoms with Gasteiger partial charge in [-0.2, -0.15) is 0 Å². The largest absolute Gasteiger partial charge is 0.497 e. The predicted octanol–water partition coefficient (Wildman–Crippen LogP) is 1.59. The Morgan fingerprint density at radius 2 is 1.95 bits per heavy atom. The monoisotopic (exact) mass is 309 g/mol. The smallest absolute Gasteiger partial charge is 0.191 e. The Morgan fingerprint density at radius 1 is 1.19 bits per heavy atom. The first kappa shape index (κ1) is 15.8. The summed E-state index contributed by atoms with van der Waals surface area (Å²) < 4.78 is 12.3. The van der Waals surface area contributed by atoms with Gasteiger partial charge in [0.15, 0.2) is 11.0 Å². The van der Waals surface area contributed by atoms with Gasteiger partial charge in [-0.15, -0.1) is 10.2 Å². The summed E-state index contributed by atoms with van der Waals surface area (Å²) in [5.74, 6) is 2.40. The first-order chi connectivity index (χ1) is 10.3. The van der Waals surface area contributed by atoms with Gasteiger partial charge in [-0.25, -0.2) is 0 Å². The van der Waals surface area contributed by atoms with E-state index in [-0.39, 0.29) is 6.61 Å². The summed E-state index contributed by atoms with van der Waals surface area (Å²) in [5, 5.41) is 17.9. The third kappa shape index (κ3) is 4.20. The van der Waals surface area contributed by atoms with Crippen LogP contribution in [-0.4, -0.2) is 52.6 Å². The van der Waals surface area contributed by atoms with Crippen molar-refractivity contribution in [2.75, 3.05) is 32.7 Å².